The molecule has 0 spiro atoms. The molecule has 19 heavy (non-hydrogen) atoms. The molecule has 0 amide bonds. The number of hydrogen-bond acceptors (Lipinski definition) is 2. The molecule has 0 aromatic heterocycles. The molecule has 0 heterocycles. The van der Waals surface area contributed by atoms with Crippen molar-refractivity contribution in [2.45, 2.75) is 55.7 Å². The Kier molecular flexibility index (Phi) is 5.71. The van der Waals surface area contributed by atoms with Crippen LogP contribution in [0.15, 0.2) is 29.2 Å². The van der Waals surface area contributed by atoms with E-state index in [4.69, 9.17) is 0 Å². The Labute approximate surface area is 120 Å². The van der Waals surface area contributed by atoms with E-state index in [2.05, 4.69) is 19.2 Å². The number of benzene rings is 1. The molecule has 0 radical (unpaired) electrons. The van der Waals surface area contributed by atoms with Crippen molar-refractivity contribution in [2.75, 3.05) is 6.54 Å². The molecule has 0 aliphatic heterocycles. The van der Waals surface area contributed by atoms with Gasteiger partial charge < -0.3 is 5.32 Å². The van der Waals surface area contributed by atoms with Crippen LogP contribution in [0.5, 0.6) is 0 Å². The Morgan fingerprint density at radius 2 is 2.11 bits per heavy atom. The van der Waals surface area contributed by atoms with Crippen molar-refractivity contribution in [3.63, 3.8) is 0 Å². The van der Waals surface area contributed by atoms with E-state index in [-0.39, 0.29) is 5.82 Å². The van der Waals surface area contributed by atoms with E-state index in [0.29, 0.717) is 11.3 Å². The molecule has 1 aliphatic rings. The van der Waals surface area contributed by atoms with Gasteiger partial charge in [-0.25, -0.2) is 4.39 Å². The molecule has 1 N–H and O–H groups in total. The quantitative estimate of drug-likeness (QED) is 0.854. The standard InChI is InChI=1S/C16H24FNS/c1-3-10-18-14-9-8-12(2)11-16(14)19-15-7-5-4-6-13(15)17/h4-7,12,14,16,18H,3,8-11H2,1-2H3. The van der Waals surface area contributed by atoms with Crippen molar-refractivity contribution in [1.82, 2.24) is 5.32 Å². The highest BCUT2D eigenvalue weighted by Crippen LogP contribution is 2.37. The molecule has 1 aliphatic carbocycles. The van der Waals surface area contributed by atoms with E-state index in [1.165, 1.54) is 19.3 Å². The summed E-state index contributed by atoms with van der Waals surface area (Å²) in [5, 5.41) is 4.13. The maximum absolute atomic E-state index is 13.8. The van der Waals surface area contributed by atoms with Crippen LogP contribution in [0.2, 0.25) is 0 Å². The highest BCUT2D eigenvalue weighted by molar-refractivity contribution is 8.00. The van der Waals surface area contributed by atoms with E-state index >= 15 is 0 Å². The lowest BCUT2D eigenvalue weighted by Crippen LogP contribution is -2.42. The molecule has 1 aromatic rings. The second kappa shape index (κ2) is 7.30. The zero-order valence-electron chi connectivity index (χ0n) is 11.9. The topological polar surface area (TPSA) is 12.0 Å². The highest BCUT2D eigenvalue weighted by atomic mass is 32.2. The minimum absolute atomic E-state index is 0.0834. The second-order valence-electron chi connectivity index (χ2n) is 5.57. The van der Waals surface area contributed by atoms with E-state index in [9.17, 15) is 4.39 Å². The van der Waals surface area contributed by atoms with Crippen LogP contribution in [0.3, 0.4) is 0 Å². The third-order valence-corrected chi connectivity index (χ3v) is 5.23. The first kappa shape index (κ1) is 14.9. The molecule has 3 heteroatoms. The predicted octanol–water partition coefficient (Wildman–Crippen LogP) is 4.47. The van der Waals surface area contributed by atoms with Crippen molar-refractivity contribution in [2.24, 2.45) is 5.92 Å². The lowest BCUT2D eigenvalue weighted by molar-refractivity contribution is 0.317. The lowest BCUT2D eigenvalue weighted by Gasteiger charge is -2.35. The first-order valence-corrected chi connectivity index (χ1v) is 8.23. The smallest absolute Gasteiger partial charge is 0.136 e. The zero-order valence-corrected chi connectivity index (χ0v) is 12.7. The van der Waals surface area contributed by atoms with Crippen molar-refractivity contribution < 1.29 is 4.39 Å². The fourth-order valence-electron chi connectivity index (χ4n) is 2.73. The number of halogens is 1. The van der Waals surface area contributed by atoms with Gasteiger partial charge in [0, 0.05) is 16.2 Å². The SMILES string of the molecule is CCCNC1CCC(C)CC1Sc1ccccc1F. The molecule has 1 aromatic carbocycles. The molecule has 0 bridgehead atoms. The summed E-state index contributed by atoms with van der Waals surface area (Å²) in [6.45, 7) is 5.57. The summed E-state index contributed by atoms with van der Waals surface area (Å²) in [5.41, 5.74) is 0. The number of hydrogen-bond donors (Lipinski definition) is 1. The molecular weight excluding hydrogens is 257 g/mol. The van der Waals surface area contributed by atoms with Crippen molar-refractivity contribution in [3.05, 3.63) is 30.1 Å². The molecule has 0 saturated heterocycles. The summed E-state index contributed by atoms with van der Waals surface area (Å²) in [6.07, 6.45) is 4.84. The first-order valence-electron chi connectivity index (χ1n) is 7.35. The Bertz CT molecular complexity index is 394. The second-order valence-corrected chi connectivity index (χ2v) is 6.85. The minimum Gasteiger partial charge on any atom is -0.313 e. The molecule has 3 atom stereocenters. The number of nitrogens with one attached hydrogen (secondary N) is 1. The summed E-state index contributed by atoms with van der Waals surface area (Å²) in [5.74, 6) is 0.670. The van der Waals surface area contributed by atoms with Gasteiger partial charge >= 0.3 is 0 Å². The molecule has 2 rings (SSSR count). The zero-order chi connectivity index (χ0) is 13.7. The summed E-state index contributed by atoms with van der Waals surface area (Å²) in [6, 6.07) is 7.67. The number of thioether (sulfide) groups is 1. The van der Waals surface area contributed by atoms with E-state index in [0.717, 1.165) is 23.8 Å². The predicted molar refractivity (Wildman–Crippen MR) is 81.1 cm³/mol. The van der Waals surface area contributed by atoms with Gasteiger partial charge in [0.2, 0.25) is 0 Å². The van der Waals surface area contributed by atoms with Crippen LogP contribution in [-0.2, 0) is 0 Å². The third-order valence-electron chi connectivity index (χ3n) is 3.83. The van der Waals surface area contributed by atoms with Crippen LogP contribution in [0, 0.1) is 11.7 Å². The van der Waals surface area contributed by atoms with Gasteiger partial charge in [0.1, 0.15) is 5.82 Å². The fourth-order valence-corrected chi connectivity index (χ4v) is 4.21. The van der Waals surface area contributed by atoms with E-state index in [1.54, 1.807) is 23.9 Å². The van der Waals surface area contributed by atoms with Crippen LogP contribution in [0.25, 0.3) is 0 Å². The monoisotopic (exact) mass is 281 g/mol. The molecule has 1 fully saturated rings. The van der Waals surface area contributed by atoms with Gasteiger partial charge in [0.05, 0.1) is 0 Å². The maximum Gasteiger partial charge on any atom is 0.136 e. The van der Waals surface area contributed by atoms with Gasteiger partial charge in [-0.3, -0.25) is 0 Å². The average Bonchev–Trinajstić information content (AvgIpc) is 2.40. The normalized spacial score (nSPS) is 27.4. The molecular formula is C16H24FNS. The van der Waals surface area contributed by atoms with Gasteiger partial charge in [0.15, 0.2) is 0 Å². The molecule has 106 valence electrons. The first-order chi connectivity index (χ1) is 9.20. The van der Waals surface area contributed by atoms with Crippen LogP contribution in [-0.4, -0.2) is 17.8 Å². The van der Waals surface area contributed by atoms with Gasteiger partial charge in [-0.2, -0.15) is 0 Å². The van der Waals surface area contributed by atoms with Crippen molar-refractivity contribution in [1.29, 1.82) is 0 Å². The largest absolute Gasteiger partial charge is 0.313 e. The van der Waals surface area contributed by atoms with Crippen LogP contribution in [0.1, 0.15) is 39.5 Å². The van der Waals surface area contributed by atoms with Crippen LogP contribution in [0.4, 0.5) is 4.39 Å². The van der Waals surface area contributed by atoms with Gasteiger partial charge in [-0.05, 0) is 50.3 Å². The minimum atomic E-state index is -0.0834. The Balaban J connectivity index is 2.03. The summed E-state index contributed by atoms with van der Waals surface area (Å²) >= 11 is 1.72. The van der Waals surface area contributed by atoms with Gasteiger partial charge in [-0.1, -0.05) is 26.0 Å². The van der Waals surface area contributed by atoms with E-state index in [1.807, 2.05) is 12.1 Å². The van der Waals surface area contributed by atoms with Crippen molar-refractivity contribution >= 4 is 11.8 Å². The maximum atomic E-state index is 13.8. The summed E-state index contributed by atoms with van der Waals surface area (Å²) < 4.78 is 13.8. The van der Waals surface area contributed by atoms with E-state index < -0.39 is 0 Å². The Morgan fingerprint density at radius 1 is 1.32 bits per heavy atom. The Hall–Kier alpha value is -0.540. The van der Waals surface area contributed by atoms with Crippen LogP contribution < -0.4 is 5.32 Å². The highest BCUT2D eigenvalue weighted by Gasteiger charge is 2.29. The molecule has 3 unspecified atom stereocenters. The lowest BCUT2D eigenvalue weighted by atomic mass is 9.87. The van der Waals surface area contributed by atoms with Gasteiger partial charge in [0.25, 0.3) is 0 Å². The molecule has 1 saturated carbocycles. The Morgan fingerprint density at radius 3 is 2.84 bits per heavy atom. The number of rotatable bonds is 5. The molecule has 1 nitrogen and oxygen atoms in total. The summed E-state index contributed by atoms with van der Waals surface area (Å²) in [4.78, 5) is 0.796. The third kappa shape index (κ3) is 4.22. The fraction of sp³-hybridized carbons (Fsp3) is 0.625. The van der Waals surface area contributed by atoms with Crippen LogP contribution >= 0.6 is 11.8 Å². The van der Waals surface area contributed by atoms with Gasteiger partial charge in [-0.15, -0.1) is 11.8 Å². The van der Waals surface area contributed by atoms with Crippen molar-refractivity contribution in [3.8, 4) is 0 Å². The average molecular weight is 281 g/mol. The summed E-state index contributed by atoms with van der Waals surface area (Å²) in [7, 11) is 0.